The normalized spacial score (nSPS) is 17.5. The van der Waals surface area contributed by atoms with Crippen molar-refractivity contribution in [3.05, 3.63) is 64.7 Å². The van der Waals surface area contributed by atoms with Crippen LogP contribution >= 0.6 is 0 Å². The van der Waals surface area contributed by atoms with Crippen LogP contribution in [0.2, 0.25) is 0 Å². The van der Waals surface area contributed by atoms with Gasteiger partial charge in [-0.15, -0.1) is 0 Å². The molecule has 1 heterocycles. The largest absolute Gasteiger partial charge is 0.478 e. The number of piperidine rings is 1. The van der Waals surface area contributed by atoms with Crippen molar-refractivity contribution < 1.29 is 23.1 Å². The molecule has 0 aromatic heterocycles. The third kappa shape index (κ3) is 4.86. The minimum atomic E-state index is -3.56. The summed E-state index contributed by atoms with van der Waals surface area (Å²) < 4.78 is 27.7. The predicted molar refractivity (Wildman–Crippen MR) is 120 cm³/mol. The molecule has 2 aromatic carbocycles. The fourth-order valence-electron chi connectivity index (χ4n) is 4.48. The lowest BCUT2D eigenvalue weighted by Gasteiger charge is -2.31. The van der Waals surface area contributed by atoms with Gasteiger partial charge in [0, 0.05) is 25.6 Å². The van der Waals surface area contributed by atoms with E-state index in [2.05, 4.69) is 5.32 Å². The number of nitrogens with zero attached hydrogens (tertiary/aromatic N) is 1. The quantitative estimate of drug-likeness (QED) is 0.696. The molecule has 0 unspecified atom stereocenters. The molecule has 2 aliphatic rings. The first-order chi connectivity index (χ1) is 15.3. The zero-order chi connectivity index (χ0) is 22.7. The molecule has 1 amide bonds. The molecule has 8 heteroatoms. The van der Waals surface area contributed by atoms with Crippen molar-refractivity contribution in [3.8, 4) is 0 Å². The number of carboxylic acid groups (broad SMARTS) is 1. The molecule has 4 rings (SSSR count). The number of carboxylic acids is 1. The number of aromatic carboxylic acids is 1. The maximum absolute atomic E-state index is 13.1. The Morgan fingerprint density at radius 3 is 2.28 bits per heavy atom. The van der Waals surface area contributed by atoms with Crippen LogP contribution in [0, 0.1) is 5.92 Å². The van der Waals surface area contributed by atoms with E-state index in [1.807, 2.05) is 12.1 Å². The van der Waals surface area contributed by atoms with Crippen molar-refractivity contribution in [1.29, 1.82) is 0 Å². The fraction of sp³-hybridized carbons (Fsp3) is 0.417. The lowest BCUT2D eigenvalue weighted by molar-refractivity contribution is -0.126. The van der Waals surface area contributed by atoms with E-state index >= 15 is 0 Å². The third-order valence-electron chi connectivity index (χ3n) is 6.45. The van der Waals surface area contributed by atoms with Gasteiger partial charge < -0.3 is 10.4 Å². The van der Waals surface area contributed by atoms with Crippen LogP contribution in [0.15, 0.2) is 47.4 Å². The molecule has 1 fully saturated rings. The van der Waals surface area contributed by atoms with Crippen LogP contribution in [0.4, 0.5) is 0 Å². The van der Waals surface area contributed by atoms with Crippen molar-refractivity contribution in [1.82, 2.24) is 9.62 Å². The summed E-state index contributed by atoms with van der Waals surface area (Å²) in [5.74, 6) is -1.32. The van der Waals surface area contributed by atoms with E-state index in [0.717, 1.165) is 36.8 Å². The van der Waals surface area contributed by atoms with Crippen LogP contribution in [-0.4, -0.2) is 42.8 Å². The highest BCUT2D eigenvalue weighted by Crippen LogP contribution is 2.28. The smallest absolute Gasteiger partial charge is 0.335 e. The van der Waals surface area contributed by atoms with Gasteiger partial charge in [0.25, 0.3) is 0 Å². The fourth-order valence-corrected chi connectivity index (χ4v) is 6.00. The van der Waals surface area contributed by atoms with Gasteiger partial charge in [0.2, 0.25) is 15.9 Å². The SMILES string of the molecule is O=C(O)c1ccc(CNC(=O)C2CCN(S(=O)(=O)c3ccc4c(c3)CCCC4)CC2)cc1. The van der Waals surface area contributed by atoms with Crippen LogP contribution < -0.4 is 5.32 Å². The molecule has 170 valence electrons. The van der Waals surface area contributed by atoms with Gasteiger partial charge in [-0.1, -0.05) is 18.2 Å². The second-order valence-electron chi connectivity index (χ2n) is 8.54. The molecule has 0 bridgehead atoms. The summed E-state index contributed by atoms with van der Waals surface area (Å²) in [7, 11) is -3.56. The third-order valence-corrected chi connectivity index (χ3v) is 8.34. The minimum Gasteiger partial charge on any atom is -0.478 e. The number of sulfonamides is 1. The molecule has 0 atom stereocenters. The van der Waals surface area contributed by atoms with Gasteiger partial charge >= 0.3 is 5.97 Å². The Morgan fingerprint density at radius 2 is 1.62 bits per heavy atom. The van der Waals surface area contributed by atoms with E-state index < -0.39 is 16.0 Å². The van der Waals surface area contributed by atoms with Crippen LogP contribution in [0.25, 0.3) is 0 Å². The lowest BCUT2D eigenvalue weighted by Crippen LogP contribution is -2.42. The Kier molecular flexibility index (Phi) is 6.62. The Morgan fingerprint density at radius 1 is 0.969 bits per heavy atom. The van der Waals surface area contributed by atoms with Crippen molar-refractivity contribution in [2.45, 2.75) is 50.0 Å². The zero-order valence-electron chi connectivity index (χ0n) is 17.9. The van der Waals surface area contributed by atoms with Crippen molar-refractivity contribution in [2.24, 2.45) is 5.92 Å². The summed E-state index contributed by atoms with van der Waals surface area (Å²) in [4.78, 5) is 23.8. The highest BCUT2D eigenvalue weighted by atomic mass is 32.2. The van der Waals surface area contributed by atoms with Crippen LogP contribution in [0.5, 0.6) is 0 Å². The summed E-state index contributed by atoms with van der Waals surface area (Å²) in [5.41, 5.74) is 3.41. The average molecular weight is 457 g/mol. The summed E-state index contributed by atoms with van der Waals surface area (Å²) in [6, 6.07) is 11.9. The molecule has 2 aromatic rings. The number of rotatable bonds is 6. The van der Waals surface area contributed by atoms with Crippen LogP contribution in [0.3, 0.4) is 0 Å². The van der Waals surface area contributed by atoms with Gasteiger partial charge in [0.15, 0.2) is 0 Å². The number of nitrogens with one attached hydrogen (secondary N) is 1. The Bertz CT molecular complexity index is 1100. The highest BCUT2D eigenvalue weighted by Gasteiger charge is 2.32. The Hall–Kier alpha value is -2.71. The molecule has 0 spiro atoms. The molecule has 0 saturated carbocycles. The number of hydrogen-bond donors (Lipinski definition) is 2. The summed E-state index contributed by atoms with van der Waals surface area (Å²) >= 11 is 0. The first kappa shape index (κ1) is 22.5. The number of aryl methyl sites for hydroxylation is 2. The molecule has 0 radical (unpaired) electrons. The molecule has 1 aliphatic carbocycles. The molecule has 7 nitrogen and oxygen atoms in total. The predicted octanol–water partition coefficient (Wildman–Crippen LogP) is 2.98. The molecule has 1 aliphatic heterocycles. The first-order valence-electron chi connectivity index (χ1n) is 11.1. The zero-order valence-corrected chi connectivity index (χ0v) is 18.7. The van der Waals surface area contributed by atoms with Gasteiger partial charge in [-0.3, -0.25) is 4.79 Å². The summed E-state index contributed by atoms with van der Waals surface area (Å²) in [6.45, 7) is 0.960. The molecule has 1 saturated heterocycles. The van der Waals surface area contributed by atoms with Gasteiger partial charge in [-0.2, -0.15) is 4.31 Å². The van der Waals surface area contributed by atoms with E-state index in [9.17, 15) is 18.0 Å². The Labute approximate surface area is 188 Å². The second kappa shape index (κ2) is 9.42. The number of carbonyl (C=O) groups excluding carboxylic acids is 1. The van der Waals surface area contributed by atoms with Crippen molar-refractivity contribution in [3.63, 3.8) is 0 Å². The van der Waals surface area contributed by atoms with Crippen molar-refractivity contribution in [2.75, 3.05) is 13.1 Å². The molecule has 32 heavy (non-hydrogen) atoms. The number of carbonyl (C=O) groups is 2. The first-order valence-corrected chi connectivity index (χ1v) is 12.5. The van der Waals surface area contributed by atoms with E-state index in [-0.39, 0.29) is 17.4 Å². The maximum atomic E-state index is 13.1. The number of fused-ring (bicyclic) bond motifs is 1. The van der Waals surface area contributed by atoms with Crippen LogP contribution in [-0.2, 0) is 34.2 Å². The standard InChI is InChI=1S/C24H28N2O5S/c27-23(25-16-17-5-7-20(8-6-17)24(28)29)19-11-13-26(14-12-19)32(30,31)22-10-9-18-3-1-2-4-21(18)15-22/h5-10,15,19H,1-4,11-14,16H2,(H,25,27)(H,28,29). The van der Waals surface area contributed by atoms with Gasteiger partial charge in [0.1, 0.15) is 0 Å². The highest BCUT2D eigenvalue weighted by molar-refractivity contribution is 7.89. The van der Waals surface area contributed by atoms with Crippen LogP contribution in [0.1, 0.15) is 52.7 Å². The van der Waals surface area contributed by atoms with Gasteiger partial charge in [0.05, 0.1) is 10.5 Å². The lowest BCUT2D eigenvalue weighted by atomic mass is 9.92. The molecular formula is C24H28N2O5S. The van der Waals surface area contributed by atoms with Gasteiger partial charge in [-0.05, 0) is 79.5 Å². The number of amides is 1. The van der Waals surface area contributed by atoms with E-state index in [0.29, 0.717) is 37.4 Å². The van der Waals surface area contributed by atoms with E-state index in [4.69, 9.17) is 5.11 Å². The average Bonchev–Trinajstić information content (AvgIpc) is 2.82. The molecular weight excluding hydrogens is 428 g/mol. The van der Waals surface area contributed by atoms with Gasteiger partial charge in [-0.25, -0.2) is 13.2 Å². The monoisotopic (exact) mass is 456 g/mol. The second-order valence-corrected chi connectivity index (χ2v) is 10.5. The Balaban J connectivity index is 1.32. The maximum Gasteiger partial charge on any atom is 0.335 e. The topological polar surface area (TPSA) is 104 Å². The summed E-state index contributed by atoms with van der Waals surface area (Å²) in [5, 5.41) is 11.8. The molecule has 2 N–H and O–H groups in total. The minimum absolute atomic E-state index is 0.0989. The summed E-state index contributed by atoms with van der Waals surface area (Å²) in [6.07, 6.45) is 5.16. The van der Waals surface area contributed by atoms with Crippen molar-refractivity contribution >= 4 is 21.9 Å². The van der Waals surface area contributed by atoms with E-state index in [1.165, 1.54) is 22.0 Å². The number of benzene rings is 2. The number of hydrogen-bond acceptors (Lipinski definition) is 4. The van der Waals surface area contributed by atoms with E-state index in [1.54, 1.807) is 18.2 Å².